The van der Waals surface area contributed by atoms with Crippen molar-refractivity contribution in [1.82, 2.24) is 5.32 Å². The van der Waals surface area contributed by atoms with Gasteiger partial charge in [-0.1, -0.05) is 44.1 Å². The smallest absolute Gasteiger partial charge is 0.255 e. The maximum absolute atomic E-state index is 12.3. The molecule has 1 atom stereocenters. The van der Waals surface area contributed by atoms with Crippen LogP contribution in [-0.4, -0.2) is 5.91 Å². The third-order valence-electron chi connectivity index (χ3n) is 4.00. The standard InChI is InChI=1S/C19H25NO/c1-4-5-6-16-8-10-17(11-9-16)19(21)20-18-12-7-14(2)13-15(18)3/h7-12,15H,4-6,13H2,1-3H3,(H,20,21). The molecule has 1 aliphatic carbocycles. The molecule has 0 spiro atoms. The lowest BCUT2D eigenvalue weighted by Crippen LogP contribution is -2.27. The van der Waals surface area contributed by atoms with E-state index in [1.165, 1.54) is 24.0 Å². The van der Waals surface area contributed by atoms with E-state index in [1.807, 2.05) is 18.2 Å². The van der Waals surface area contributed by atoms with Crippen molar-refractivity contribution in [1.29, 1.82) is 0 Å². The summed E-state index contributed by atoms with van der Waals surface area (Å²) in [6, 6.07) is 7.98. The Morgan fingerprint density at radius 1 is 1.24 bits per heavy atom. The molecule has 1 N–H and O–H groups in total. The summed E-state index contributed by atoms with van der Waals surface area (Å²) in [5.41, 5.74) is 4.41. The molecule has 0 saturated carbocycles. The van der Waals surface area contributed by atoms with E-state index in [-0.39, 0.29) is 5.91 Å². The third kappa shape index (κ3) is 4.32. The van der Waals surface area contributed by atoms with E-state index in [0.29, 0.717) is 5.92 Å². The minimum Gasteiger partial charge on any atom is -0.325 e. The molecule has 1 aliphatic rings. The van der Waals surface area contributed by atoms with Gasteiger partial charge in [-0.05, 0) is 55.9 Å². The Labute approximate surface area is 128 Å². The molecule has 0 aliphatic heterocycles. The van der Waals surface area contributed by atoms with Crippen LogP contribution in [0, 0.1) is 5.92 Å². The molecule has 2 heteroatoms. The topological polar surface area (TPSA) is 29.1 Å². The summed E-state index contributed by atoms with van der Waals surface area (Å²) in [7, 11) is 0. The molecule has 0 radical (unpaired) electrons. The molecular weight excluding hydrogens is 258 g/mol. The summed E-state index contributed by atoms with van der Waals surface area (Å²) in [5.74, 6) is 0.367. The van der Waals surface area contributed by atoms with Gasteiger partial charge in [0.25, 0.3) is 5.91 Å². The molecule has 2 nitrogen and oxygen atoms in total. The lowest BCUT2D eigenvalue weighted by atomic mass is 9.93. The number of benzene rings is 1. The van der Waals surface area contributed by atoms with Gasteiger partial charge in [-0.3, -0.25) is 4.79 Å². The van der Waals surface area contributed by atoms with E-state index < -0.39 is 0 Å². The van der Waals surface area contributed by atoms with Crippen molar-refractivity contribution < 1.29 is 4.79 Å². The number of hydrogen-bond donors (Lipinski definition) is 1. The van der Waals surface area contributed by atoms with Gasteiger partial charge in [0.1, 0.15) is 0 Å². The first-order valence-corrected chi connectivity index (χ1v) is 7.87. The van der Waals surface area contributed by atoms with Crippen molar-refractivity contribution in [2.75, 3.05) is 0 Å². The van der Waals surface area contributed by atoms with Crippen molar-refractivity contribution in [3.05, 3.63) is 58.8 Å². The van der Waals surface area contributed by atoms with Gasteiger partial charge in [-0.2, -0.15) is 0 Å². The van der Waals surface area contributed by atoms with Gasteiger partial charge in [-0.15, -0.1) is 0 Å². The lowest BCUT2D eigenvalue weighted by molar-refractivity contribution is 0.0961. The Morgan fingerprint density at radius 2 is 1.95 bits per heavy atom. The zero-order valence-corrected chi connectivity index (χ0v) is 13.3. The van der Waals surface area contributed by atoms with Crippen LogP contribution in [0.4, 0.5) is 0 Å². The van der Waals surface area contributed by atoms with Gasteiger partial charge < -0.3 is 5.32 Å². The summed E-state index contributed by atoms with van der Waals surface area (Å²) in [5, 5.41) is 3.05. The summed E-state index contributed by atoms with van der Waals surface area (Å²) < 4.78 is 0. The van der Waals surface area contributed by atoms with Gasteiger partial charge in [0.05, 0.1) is 0 Å². The van der Waals surface area contributed by atoms with Crippen molar-refractivity contribution >= 4 is 5.91 Å². The Bertz CT molecular complexity index is 551. The Kier molecular flexibility index (Phi) is 5.38. The normalized spacial score (nSPS) is 18.0. The van der Waals surface area contributed by atoms with Gasteiger partial charge in [0.2, 0.25) is 0 Å². The fourth-order valence-corrected chi connectivity index (χ4v) is 2.63. The van der Waals surface area contributed by atoms with E-state index in [2.05, 4.69) is 44.3 Å². The molecule has 0 heterocycles. The number of carbonyl (C=O) groups excluding carboxylic acids is 1. The van der Waals surface area contributed by atoms with E-state index in [9.17, 15) is 4.79 Å². The minimum atomic E-state index is -0.0110. The Hall–Kier alpha value is -1.83. The van der Waals surface area contributed by atoms with Crippen LogP contribution in [0.5, 0.6) is 0 Å². The van der Waals surface area contributed by atoms with Gasteiger partial charge in [-0.25, -0.2) is 0 Å². The first kappa shape index (κ1) is 15.6. The predicted molar refractivity (Wildman–Crippen MR) is 88.1 cm³/mol. The summed E-state index contributed by atoms with van der Waals surface area (Å²) in [6.07, 6.45) is 8.61. The summed E-state index contributed by atoms with van der Waals surface area (Å²) in [6.45, 7) is 6.47. The second-order valence-electron chi connectivity index (χ2n) is 5.99. The van der Waals surface area contributed by atoms with Gasteiger partial charge >= 0.3 is 0 Å². The van der Waals surface area contributed by atoms with E-state index >= 15 is 0 Å². The maximum Gasteiger partial charge on any atom is 0.255 e. The first-order valence-electron chi connectivity index (χ1n) is 7.87. The number of amides is 1. The second-order valence-corrected chi connectivity index (χ2v) is 5.99. The molecule has 2 rings (SSSR count). The summed E-state index contributed by atoms with van der Waals surface area (Å²) in [4.78, 5) is 12.3. The molecule has 0 saturated heterocycles. The Morgan fingerprint density at radius 3 is 2.57 bits per heavy atom. The monoisotopic (exact) mass is 283 g/mol. The van der Waals surface area contributed by atoms with Crippen LogP contribution in [0.1, 0.15) is 56.0 Å². The number of allylic oxidation sites excluding steroid dienone is 4. The minimum absolute atomic E-state index is 0.0110. The first-order chi connectivity index (χ1) is 10.1. The highest BCUT2D eigenvalue weighted by atomic mass is 16.1. The Balaban J connectivity index is 2.00. The van der Waals surface area contributed by atoms with Crippen LogP contribution < -0.4 is 5.32 Å². The fraction of sp³-hybridized carbons (Fsp3) is 0.421. The number of rotatable bonds is 5. The number of unbranched alkanes of at least 4 members (excludes halogenated alkanes) is 1. The molecule has 1 amide bonds. The lowest BCUT2D eigenvalue weighted by Gasteiger charge is -2.20. The van der Waals surface area contributed by atoms with Crippen molar-refractivity contribution in [3.8, 4) is 0 Å². The molecular formula is C19H25NO. The molecule has 21 heavy (non-hydrogen) atoms. The molecule has 112 valence electrons. The van der Waals surface area contributed by atoms with E-state index in [4.69, 9.17) is 0 Å². The fourth-order valence-electron chi connectivity index (χ4n) is 2.63. The maximum atomic E-state index is 12.3. The number of carbonyl (C=O) groups is 1. The van der Waals surface area contributed by atoms with Crippen LogP contribution in [0.25, 0.3) is 0 Å². The second kappa shape index (κ2) is 7.26. The van der Waals surface area contributed by atoms with Crippen molar-refractivity contribution in [2.24, 2.45) is 5.92 Å². The van der Waals surface area contributed by atoms with Crippen LogP contribution >= 0.6 is 0 Å². The molecule has 1 aromatic carbocycles. The number of nitrogens with one attached hydrogen (secondary N) is 1. The van der Waals surface area contributed by atoms with Crippen LogP contribution in [-0.2, 0) is 6.42 Å². The SMILES string of the molecule is CCCCc1ccc(C(=O)NC2=CC=C(C)CC2C)cc1. The third-order valence-corrected chi connectivity index (χ3v) is 4.00. The van der Waals surface area contributed by atoms with Gasteiger partial charge in [0.15, 0.2) is 0 Å². The molecule has 1 aromatic rings. The average molecular weight is 283 g/mol. The molecule has 0 bridgehead atoms. The molecule has 0 aromatic heterocycles. The zero-order valence-electron chi connectivity index (χ0n) is 13.3. The predicted octanol–water partition coefficient (Wildman–Crippen LogP) is 4.63. The van der Waals surface area contributed by atoms with Crippen molar-refractivity contribution in [3.63, 3.8) is 0 Å². The van der Waals surface area contributed by atoms with Crippen LogP contribution in [0.3, 0.4) is 0 Å². The number of aryl methyl sites for hydroxylation is 1. The van der Waals surface area contributed by atoms with Crippen LogP contribution in [0.2, 0.25) is 0 Å². The highest BCUT2D eigenvalue weighted by Crippen LogP contribution is 2.22. The average Bonchev–Trinajstić information content (AvgIpc) is 2.48. The summed E-state index contributed by atoms with van der Waals surface area (Å²) >= 11 is 0. The van der Waals surface area contributed by atoms with Crippen LogP contribution in [0.15, 0.2) is 47.7 Å². The van der Waals surface area contributed by atoms with E-state index in [1.54, 1.807) is 0 Å². The molecule has 1 unspecified atom stereocenters. The van der Waals surface area contributed by atoms with Gasteiger partial charge in [0, 0.05) is 11.3 Å². The number of hydrogen-bond acceptors (Lipinski definition) is 1. The quantitative estimate of drug-likeness (QED) is 0.838. The highest BCUT2D eigenvalue weighted by molar-refractivity contribution is 5.95. The van der Waals surface area contributed by atoms with E-state index in [0.717, 1.165) is 24.1 Å². The zero-order chi connectivity index (χ0) is 15.2. The largest absolute Gasteiger partial charge is 0.325 e. The highest BCUT2D eigenvalue weighted by Gasteiger charge is 2.16. The molecule has 0 fully saturated rings. The van der Waals surface area contributed by atoms with Crippen molar-refractivity contribution in [2.45, 2.75) is 46.5 Å².